The van der Waals surface area contributed by atoms with Crippen molar-refractivity contribution in [1.82, 2.24) is 9.80 Å². The number of carbonyl (C=O) groups is 3. The molecule has 3 aliphatic rings. The lowest BCUT2D eigenvalue weighted by molar-refractivity contribution is -0.137. The molecule has 4 rings (SSSR count). The largest absolute Gasteiger partial charge is 0.466 e. The number of allylic oxidation sites excluding steroid dienone is 1. The minimum Gasteiger partial charge on any atom is -0.466 e. The monoisotopic (exact) mass is 488 g/mol. The first-order chi connectivity index (χ1) is 15.8. The van der Waals surface area contributed by atoms with Crippen molar-refractivity contribution in [3.8, 4) is 0 Å². The minimum atomic E-state index is -0.530. The molecule has 0 radical (unpaired) electrons. The summed E-state index contributed by atoms with van der Waals surface area (Å²) in [5.41, 5.74) is 7.95. The number of nitrogens with two attached hydrogens (primary N) is 1. The fourth-order valence-corrected chi connectivity index (χ4v) is 5.60. The van der Waals surface area contributed by atoms with Gasteiger partial charge in [0.25, 0.3) is 0 Å². The number of hydrogen-bond donors (Lipinski definition) is 1. The molecule has 33 heavy (non-hydrogen) atoms. The van der Waals surface area contributed by atoms with E-state index in [-0.39, 0.29) is 24.2 Å². The van der Waals surface area contributed by atoms with Crippen LogP contribution in [0.25, 0.3) is 0 Å². The molecule has 174 valence electrons. The SMILES string of the molecule is COC(=O)C1=C(C)N=C2SC=C(CC(=O)N3CCC[C@H](C(N)=O)C3)N2[C@H]1c1cccc(Cl)c1. The highest BCUT2D eigenvalue weighted by Gasteiger charge is 2.41. The lowest BCUT2D eigenvalue weighted by Gasteiger charge is -2.37. The van der Waals surface area contributed by atoms with Crippen molar-refractivity contribution in [3.63, 3.8) is 0 Å². The van der Waals surface area contributed by atoms with Gasteiger partial charge in [-0.05, 0) is 42.9 Å². The van der Waals surface area contributed by atoms with Gasteiger partial charge in [0, 0.05) is 23.8 Å². The number of primary amides is 1. The number of rotatable bonds is 5. The number of benzene rings is 1. The molecule has 1 saturated heterocycles. The molecule has 3 aliphatic heterocycles. The Bertz CT molecular complexity index is 1100. The third kappa shape index (κ3) is 4.65. The first-order valence-electron chi connectivity index (χ1n) is 10.7. The highest BCUT2D eigenvalue weighted by Crippen LogP contribution is 2.45. The van der Waals surface area contributed by atoms with Crippen LogP contribution in [0.4, 0.5) is 0 Å². The smallest absolute Gasteiger partial charge is 0.338 e. The Morgan fingerprint density at radius 3 is 2.82 bits per heavy atom. The number of aliphatic imine (C=N–C) groups is 1. The van der Waals surface area contributed by atoms with Gasteiger partial charge in [0.1, 0.15) is 0 Å². The number of halogens is 1. The van der Waals surface area contributed by atoms with Gasteiger partial charge >= 0.3 is 5.97 Å². The zero-order valence-corrected chi connectivity index (χ0v) is 20.0. The standard InChI is InChI=1S/C23H25ClN4O4S/c1-13-19(22(31)32-2)20(14-5-3-7-16(24)9-14)28-17(12-33-23(28)26-13)10-18(29)27-8-4-6-15(11-27)21(25)30/h3,5,7,9,12,15,20H,4,6,8,10-11H2,1-2H3,(H2,25,30)/t15-,20-/m0/s1. The van der Waals surface area contributed by atoms with Crippen LogP contribution in [0, 0.1) is 5.92 Å². The second kappa shape index (κ2) is 9.61. The summed E-state index contributed by atoms with van der Waals surface area (Å²) < 4.78 is 5.07. The Morgan fingerprint density at radius 2 is 2.12 bits per heavy atom. The second-order valence-electron chi connectivity index (χ2n) is 8.20. The van der Waals surface area contributed by atoms with E-state index in [1.165, 1.54) is 18.9 Å². The topological polar surface area (TPSA) is 105 Å². The summed E-state index contributed by atoms with van der Waals surface area (Å²) in [6.07, 6.45) is 1.55. The molecule has 3 heterocycles. The van der Waals surface area contributed by atoms with Crippen molar-refractivity contribution in [2.45, 2.75) is 32.2 Å². The Balaban J connectivity index is 1.65. The van der Waals surface area contributed by atoms with Gasteiger partial charge in [-0.2, -0.15) is 0 Å². The Kier molecular flexibility index (Phi) is 6.81. The van der Waals surface area contributed by atoms with Crippen molar-refractivity contribution >= 4 is 46.3 Å². The molecule has 0 saturated carbocycles. The van der Waals surface area contributed by atoms with Crippen LogP contribution in [0.2, 0.25) is 5.02 Å². The number of hydrogen-bond acceptors (Lipinski definition) is 7. The average molecular weight is 489 g/mol. The van der Waals surface area contributed by atoms with Crippen LogP contribution in [0.15, 0.2) is 51.6 Å². The lowest BCUT2D eigenvalue weighted by atomic mass is 9.93. The number of esters is 1. The maximum absolute atomic E-state index is 13.2. The molecule has 0 spiro atoms. The summed E-state index contributed by atoms with van der Waals surface area (Å²) in [6, 6.07) is 6.75. The number of piperidine rings is 1. The molecule has 0 bridgehead atoms. The summed E-state index contributed by atoms with van der Waals surface area (Å²) >= 11 is 7.67. The fourth-order valence-electron chi connectivity index (χ4n) is 4.44. The quantitative estimate of drug-likeness (QED) is 0.638. The summed E-state index contributed by atoms with van der Waals surface area (Å²) in [4.78, 5) is 45.8. The number of amides is 2. The van der Waals surface area contributed by atoms with Crippen molar-refractivity contribution in [1.29, 1.82) is 0 Å². The molecule has 0 aromatic heterocycles. The number of carbonyl (C=O) groups excluding carboxylic acids is 3. The van der Waals surface area contributed by atoms with E-state index in [0.717, 1.165) is 17.7 Å². The van der Waals surface area contributed by atoms with Crippen molar-refractivity contribution < 1.29 is 19.1 Å². The van der Waals surface area contributed by atoms with E-state index in [1.807, 2.05) is 22.4 Å². The number of ether oxygens (including phenoxy) is 1. The molecule has 0 unspecified atom stereocenters. The summed E-state index contributed by atoms with van der Waals surface area (Å²) in [5.74, 6) is -1.27. The predicted molar refractivity (Wildman–Crippen MR) is 127 cm³/mol. The van der Waals surface area contributed by atoms with Gasteiger partial charge in [-0.3, -0.25) is 9.59 Å². The molecule has 10 heteroatoms. The maximum Gasteiger partial charge on any atom is 0.338 e. The van der Waals surface area contributed by atoms with Crippen LogP contribution < -0.4 is 5.73 Å². The molecular formula is C23H25ClN4O4S. The third-order valence-corrected chi connectivity index (χ3v) is 7.20. The average Bonchev–Trinajstić information content (AvgIpc) is 3.19. The van der Waals surface area contributed by atoms with E-state index in [2.05, 4.69) is 4.99 Å². The van der Waals surface area contributed by atoms with Gasteiger partial charge < -0.3 is 20.3 Å². The van der Waals surface area contributed by atoms with E-state index in [9.17, 15) is 14.4 Å². The van der Waals surface area contributed by atoms with Gasteiger partial charge in [-0.25, -0.2) is 9.79 Å². The number of thioether (sulfide) groups is 1. The van der Waals surface area contributed by atoms with Crippen LogP contribution in [0.3, 0.4) is 0 Å². The number of amidine groups is 1. The van der Waals surface area contributed by atoms with Crippen LogP contribution >= 0.6 is 23.4 Å². The molecule has 2 atom stereocenters. The zero-order valence-electron chi connectivity index (χ0n) is 18.4. The first kappa shape index (κ1) is 23.4. The van der Waals surface area contributed by atoms with Gasteiger partial charge in [0.2, 0.25) is 11.8 Å². The van der Waals surface area contributed by atoms with E-state index in [0.29, 0.717) is 41.0 Å². The van der Waals surface area contributed by atoms with Gasteiger partial charge in [-0.15, -0.1) is 0 Å². The normalized spacial score (nSPS) is 22.5. The number of methoxy groups -OCH3 is 1. The van der Waals surface area contributed by atoms with Crippen LogP contribution in [-0.2, 0) is 19.1 Å². The molecule has 8 nitrogen and oxygen atoms in total. The third-order valence-electron chi connectivity index (χ3n) is 6.08. The molecule has 2 N–H and O–H groups in total. The Labute approximate surface area is 201 Å². The first-order valence-corrected chi connectivity index (χ1v) is 11.9. The van der Waals surface area contributed by atoms with Crippen molar-refractivity contribution in [3.05, 3.63) is 57.2 Å². The zero-order chi connectivity index (χ0) is 23.7. The van der Waals surface area contributed by atoms with Gasteiger partial charge in [0.05, 0.1) is 36.8 Å². The number of fused-ring (bicyclic) bond motifs is 1. The van der Waals surface area contributed by atoms with Crippen molar-refractivity contribution in [2.75, 3.05) is 20.2 Å². The van der Waals surface area contributed by atoms with Crippen LogP contribution in [0.5, 0.6) is 0 Å². The minimum absolute atomic E-state index is 0.0928. The van der Waals surface area contributed by atoms with E-state index in [1.54, 1.807) is 24.0 Å². The molecule has 1 fully saturated rings. The molecule has 1 aromatic rings. The van der Waals surface area contributed by atoms with E-state index in [4.69, 9.17) is 22.1 Å². The number of nitrogens with zero attached hydrogens (tertiary/aromatic N) is 3. The molecule has 2 amide bonds. The lowest BCUT2D eigenvalue weighted by Crippen LogP contribution is -2.45. The highest BCUT2D eigenvalue weighted by atomic mass is 35.5. The van der Waals surface area contributed by atoms with Crippen LogP contribution in [-0.4, -0.2) is 53.0 Å². The molecule has 1 aromatic carbocycles. The van der Waals surface area contributed by atoms with Gasteiger partial charge in [0.15, 0.2) is 5.17 Å². The van der Waals surface area contributed by atoms with Crippen LogP contribution in [0.1, 0.15) is 37.8 Å². The van der Waals surface area contributed by atoms with E-state index >= 15 is 0 Å². The Morgan fingerprint density at radius 1 is 1.33 bits per heavy atom. The van der Waals surface area contributed by atoms with E-state index < -0.39 is 12.0 Å². The second-order valence-corrected chi connectivity index (χ2v) is 9.47. The summed E-state index contributed by atoms with van der Waals surface area (Å²) in [7, 11) is 1.33. The Hall–Kier alpha value is -2.78. The van der Waals surface area contributed by atoms with Crippen molar-refractivity contribution in [2.24, 2.45) is 16.6 Å². The predicted octanol–water partition coefficient (Wildman–Crippen LogP) is 3.20. The maximum atomic E-state index is 13.2. The molecular weight excluding hydrogens is 464 g/mol. The molecule has 0 aliphatic carbocycles. The van der Waals surface area contributed by atoms with Gasteiger partial charge in [-0.1, -0.05) is 35.5 Å². The summed E-state index contributed by atoms with van der Waals surface area (Å²) in [5, 5.41) is 3.11. The fraction of sp³-hybridized carbons (Fsp3) is 0.391. The highest BCUT2D eigenvalue weighted by molar-refractivity contribution is 8.16. The number of likely N-dealkylation sites (tertiary alicyclic amines) is 1. The summed E-state index contributed by atoms with van der Waals surface area (Å²) in [6.45, 7) is 2.70.